The molecule has 0 saturated carbocycles. The summed E-state index contributed by atoms with van der Waals surface area (Å²) in [5.41, 5.74) is 0. The van der Waals surface area contributed by atoms with E-state index in [1.54, 1.807) is 19.2 Å². The van der Waals surface area contributed by atoms with Gasteiger partial charge in [-0.05, 0) is 12.1 Å². The third kappa shape index (κ3) is 5.01. The minimum atomic E-state index is -1.06. The standard InChI is InChI=1S/C12H18N2O5/c1-13(8-10-4-3-6-19-10)12(17)14(5-7-18-2)9-11(15)16/h3-4,6H,5,7-9H2,1-2H3,(H,15,16). The number of carbonyl (C=O) groups excluding carboxylic acids is 1. The number of methoxy groups -OCH3 is 1. The van der Waals surface area contributed by atoms with Gasteiger partial charge in [-0.2, -0.15) is 0 Å². The summed E-state index contributed by atoms with van der Waals surface area (Å²) >= 11 is 0. The first-order valence-corrected chi connectivity index (χ1v) is 5.77. The minimum absolute atomic E-state index is 0.226. The molecule has 106 valence electrons. The van der Waals surface area contributed by atoms with Gasteiger partial charge in [-0.25, -0.2) is 4.79 Å². The van der Waals surface area contributed by atoms with Gasteiger partial charge in [-0.1, -0.05) is 0 Å². The van der Waals surface area contributed by atoms with Gasteiger partial charge in [-0.15, -0.1) is 0 Å². The molecule has 0 aliphatic carbocycles. The van der Waals surface area contributed by atoms with Gasteiger partial charge in [0.15, 0.2) is 0 Å². The highest BCUT2D eigenvalue weighted by atomic mass is 16.5. The third-order valence-electron chi connectivity index (χ3n) is 2.46. The van der Waals surface area contributed by atoms with Crippen LogP contribution in [0.4, 0.5) is 4.79 Å². The maximum Gasteiger partial charge on any atom is 0.323 e. The number of nitrogens with zero attached hydrogens (tertiary/aromatic N) is 2. The van der Waals surface area contributed by atoms with E-state index < -0.39 is 5.97 Å². The van der Waals surface area contributed by atoms with Crippen LogP contribution >= 0.6 is 0 Å². The third-order valence-corrected chi connectivity index (χ3v) is 2.46. The number of amides is 2. The van der Waals surface area contributed by atoms with Gasteiger partial charge in [0.05, 0.1) is 19.4 Å². The molecule has 1 aromatic rings. The predicted molar refractivity (Wildman–Crippen MR) is 66.7 cm³/mol. The summed E-state index contributed by atoms with van der Waals surface area (Å²) in [5.74, 6) is -0.422. The van der Waals surface area contributed by atoms with Crippen molar-refractivity contribution < 1.29 is 23.8 Å². The molecule has 0 fully saturated rings. The topological polar surface area (TPSA) is 83.2 Å². The molecule has 0 saturated heterocycles. The predicted octanol–water partition coefficient (Wildman–Crippen LogP) is 0.864. The summed E-state index contributed by atoms with van der Waals surface area (Å²) in [6.07, 6.45) is 1.52. The average molecular weight is 270 g/mol. The van der Waals surface area contributed by atoms with Crippen molar-refractivity contribution in [2.45, 2.75) is 6.54 Å². The fourth-order valence-electron chi connectivity index (χ4n) is 1.55. The maximum absolute atomic E-state index is 12.1. The Labute approximate surface area is 111 Å². The summed E-state index contributed by atoms with van der Waals surface area (Å²) < 4.78 is 10.0. The van der Waals surface area contributed by atoms with E-state index in [0.29, 0.717) is 5.76 Å². The summed E-state index contributed by atoms with van der Waals surface area (Å²) in [6.45, 7) is 0.442. The van der Waals surface area contributed by atoms with Gasteiger partial charge in [0.25, 0.3) is 0 Å². The van der Waals surface area contributed by atoms with Gasteiger partial charge < -0.3 is 24.1 Å². The Kier molecular flexibility index (Phi) is 5.87. The number of carboxylic acid groups (broad SMARTS) is 1. The zero-order valence-electron chi connectivity index (χ0n) is 11.0. The van der Waals surface area contributed by atoms with Crippen LogP contribution in [0.5, 0.6) is 0 Å². The number of carbonyl (C=O) groups is 2. The Hall–Kier alpha value is -2.02. The quantitative estimate of drug-likeness (QED) is 0.794. The summed E-state index contributed by atoms with van der Waals surface area (Å²) in [4.78, 5) is 25.5. The number of hydrogen-bond acceptors (Lipinski definition) is 4. The maximum atomic E-state index is 12.1. The van der Waals surface area contributed by atoms with Gasteiger partial charge in [0.1, 0.15) is 12.3 Å². The lowest BCUT2D eigenvalue weighted by atomic mass is 10.4. The van der Waals surface area contributed by atoms with Crippen molar-refractivity contribution in [3.63, 3.8) is 0 Å². The van der Waals surface area contributed by atoms with Gasteiger partial charge >= 0.3 is 12.0 Å². The molecule has 1 rings (SSSR count). The van der Waals surface area contributed by atoms with Crippen molar-refractivity contribution in [2.24, 2.45) is 0 Å². The van der Waals surface area contributed by atoms with Crippen LogP contribution in [0.25, 0.3) is 0 Å². The van der Waals surface area contributed by atoms with Crippen molar-refractivity contribution in [3.8, 4) is 0 Å². The fraction of sp³-hybridized carbons (Fsp3) is 0.500. The molecule has 2 amide bonds. The Morgan fingerprint density at radius 2 is 2.21 bits per heavy atom. The van der Waals surface area contributed by atoms with E-state index in [4.69, 9.17) is 14.3 Å². The van der Waals surface area contributed by atoms with Crippen molar-refractivity contribution in [3.05, 3.63) is 24.2 Å². The summed E-state index contributed by atoms with van der Waals surface area (Å²) in [5, 5.41) is 8.80. The van der Waals surface area contributed by atoms with E-state index >= 15 is 0 Å². The van der Waals surface area contributed by atoms with Crippen molar-refractivity contribution in [1.29, 1.82) is 0 Å². The second-order valence-electron chi connectivity index (χ2n) is 4.03. The molecule has 0 radical (unpaired) electrons. The molecular formula is C12H18N2O5. The van der Waals surface area contributed by atoms with Crippen LogP contribution in [0.2, 0.25) is 0 Å². The smallest absolute Gasteiger partial charge is 0.323 e. The second kappa shape index (κ2) is 7.42. The molecular weight excluding hydrogens is 252 g/mol. The van der Waals surface area contributed by atoms with E-state index in [1.165, 1.54) is 23.2 Å². The highest BCUT2D eigenvalue weighted by Gasteiger charge is 2.20. The monoisotopic (exact) mass is 270 g/mol. The van der Waals surface area contributed by atoms with E-state index in [1.807, 2.05) is 0 Å². The number of aliphatic carboxylic acids is 1. The molecule has 0 aliphatic rings. The summed E-state index contributed by atoms with van der Waals surface area (Å²) in [7, 11) is 3.09. The molecule has 0 bridgehead atoms. The number of urea groups is 1. The Morgan fingerprint density at radius 3 is 2.74 bits per heavy atom. The molecule has 0 atom stereocenters. The lowest BCUT2D eigenvalue weighted by molar-refractivity contribution is -0.137. The van der Waals surface area contributed by atoms with Crippen molar-refractivity contribution >= 4 is 12.0 Å². The lowest BCUT2D eigenvalue weighted by Crippen LogP contribution is -2.44. The number of rotatable bonds is 7. The highest BCUT2D eigenvalue weighted by molar-refractivity contribution is 5.80. The van der Waals surface area contributed by atoms with Gasteiger partial charge in [0.2, 0.25) is 0 Å². The molecule has 7 nitrogen and oxygen atoms in total. The largest absolute Gasteiger partial charge is 0.480 e. The molecule has 7 heteroatoms. The van der Waals surface area contributed by atoms with Crippen molar-refractivity contribution in [2.75, 3.05) is 33.9 Å². The molecule has 0 aliphatic heterocycles. The fourth-order valence-corrected chi connectivity index (χ4v) is 1.55. The first-order chi connectivity index (χ1) is 9.04. The van der Waals surface area contributed by atoms with Crippen LogP contribution < -0.4 is 0 Å². The van der Waals surface area contributed by atoms with Crippen molar-refractivity contribution in [1.82, 2.24) is 9.80 Å². The molecule has 1 heterocycles. The highest BCUT2D eigenvalue weighted by Crippen LogP contribution is 2.06. The van der Waals surface area contributed by atoms with Gasteiger partial charge in [-0.3, -0.25) is 4.79 Å². The number of hydrogen-bond donors (Lipinski definition) is 1. The van der Waals surface area contributed by atoms with Gasteiger partial charge in [0, 0.05) is 20.7 Å². The van der Waals surface area contributed by atoms with E-state index in [0.717, 1.165) is 0 Å². The SMILES string of the molecule is COCCN(CC(=O)O)C(=O)N(C)Cc1ccco1. The first kappa shape index (κ1) is 15.0. The Bertz CT molecular complexity index is 404. The molecule has 19 heavy (non-hydrogen) atoms. The number of carboxylic acids is 1. The normalized spacial score (nSPS) is 10.2. The lowest BCUT2D eigenvalue weighted by Gasteiger charge is -2.26. The average Bonchev–Trinajstić information content (AvgIpc) is 2.85. The molecule has 1 N–H and O–H groups in total. The van der Waals surface area contributed by atoms with Crippen LogP contribution in [-0.4, -0.2) is 60.8 Å². The van der Waals surface area contributed by atoms with Crippen LogP contribution in [0.15, 0.2) is 22.8 Å². The van der Waals surface area contributed by atoms with E-state index in [9.17, 15) is 9.59 Å². The van der Waals surface area contributed by atoms with Crippen LogP contribution in [0.3, 0.4) is 0 Å². The molecule has 1 aromatic heterocycles. The second-order valence-corrected chi connectivity index (χ2v) is 4.03. The molecule has 0 spiro atoms. The molecule has 0 unspecified atom stereocenters. The number of furan rings is 1. The minimum Gasteiger partial charge on any atom is -0.480 e. The summed E-state index contributed by atoms with van der Waals surface area (Å²) in [6, 6.07) is 3.10. The zero-order chi connectivity index (χ0) is 14.3. The van der Waals surface area contributed by atoms with Crippen LogP contribution in [-0.2, 0) is 16.1 Å². The molecule has 0 aromatic carbocycles. The first-order valence-electron chi connectivity index (χ1n) is 5.77. The van der Waals surface area contributed by atoms with E-state index in [-0.39, 0.29) is 32.3 Å². The van der Waals surface area contributed by atoms with E-state index in [2.05, 4.69) is 0 Å². The zero-order valence-corrected chi connectivity index (χ0v) is 11.0. The number of ether oxygens (including phenoxy) is 1. The van der Waals surface area contributed by atoms with Crippen LogP contribution in [0.1, 0.15) is 5.76 Å². The Morgan fingerprint density at radius 1 is 1.47 bits per heavy atom. The van der Waals surface area contributed by atoms with Crippen LogP contribution in [0, 0.1) is 0 Å². The Balaban J connectivity index is 2.60.